The van der Waals surface area contributed by atoms with Crippen LogP contribution >= 0.6 is 0 Å². The highest BCUT2D eigenvalue weighted by atomic mass is 16.7. The number of hydrogen-bond acceptors (Lipinski definition) is 10. The molecule has 0 spiro atoms. The molecule has 11 aliphatic rings. The van der Waals surface area contributed by atoms with Crippen LogP contribution in [0, 0.1) is 52.8 Å². The molecule has 0 aromatic rings. The van der Waals surface area contributed by atoms with Gasteiger partial charge in [0.25, 0.3) is 0 Å². The molecule has 448 valence electrons. The van der Waals surface area contributed by atoms with E-state index in [-0.39, 0.29) is 25.2 Å². The summed E-state index contributed by atoms with van der Waals surface area (Å²) in [6.45, 7) is 12.2. The summed E-state index contributed by atoms with van der Waals surface area (Å²) in [6, 6.07) is 4.43. The minimum absolute atomic E-state index is 0.0337. The molecule has 11 fully saturated rings. The molecule has 7 aliphatic carbocycles. The molecule has 78 heavy (non-hydrogen) atoms. The molecule has 4 saturated heterocycles. The Hall–Kier alpha value is -0.400. The van der Waals surface area contributed by atoms with Crippen molar-refractivity contribution in [3.8, 4) is 0 Å². The van der Waals surface area contributed by atoms with Gasteiger partial charge in [0.05, 0.1) is 26.4 Å². The Morgan fingerprint density at radius 2 is 0.641 bits per heavy atom. The molecular weight excluding hydrogens is 973 g/mol. The molecular formula is C68H118N2O8. The SMILES string of the molecule is CC1CC(N(C2CCC(COC3CCCCO3)CC2)C2CCC(C3(C4CCC(N(C5CCC(COC6CCCCO6)CC5)C5CCC(COC6CCCCO6)C(C)C5)CC4)CCCCC3)CC2)CCC1COC1CCCCO1. The monoisotopic (exact) mass is 1090 g/mol. The summed E-state index contributed by atoms with van der Waals surface area (Å²) in [5, 5.41) is 0. The van der Waals surface area contributed by atoms with Crippen molar-refractivity contribution in [2.75, 3.05) is 52.9 Å². The Balaban J connectivity index is 0.725. The number of rotatable bonds is 20. The van der Waals surface area contributed by atoms with E-state index in [1.54, 1.807) is 0 Å². The van der Waals surface area contributed by atoms with Crippen molar-refractivity contribution >= 4 is 0 Å². The topological polar surface area (TPSA) is 80.3 Å². The molecule has 10 nitrogen and oxygen atoms in total. The first-order chi connectivity index (χ1) is 38.4. The van der Waals surface area contributed by atoms with E-state index in [9.17, 15) is 0 Å². The van der Waals surface area contributed by atoms with E-state index >= 15 is 0 Å². The van der Waals surface area contributed by atoms with Crippen LogP contribution in [-0.4, -0.2) is 124 Å². The quantitative estimate of drug-likeness (QED) is 0.118. The van der Waals surface area contributed by atoms with Gasteiger partial charge in [-0.15, -0.1) is 0 Å². The third-order valence-corrected chi connectivity index (χ3v) is 24.2. The third kappa shape index (κ3) is 15.7. The zero-order chi connectivity index (χ0) is 52.9. The van der Waals surface area contributed by atoms with Crippen molar-refractivity contribution < 1.29 is 37.9 Å². The fourth-order valence-corrected chi connectivity index (χ4v) is 19.5. The first kappa shape index (κ1) is 59.3. The highest BCUT2D eigenvalue weighted by Gasteiger charge is 2.50. The summed E-state index contributed by atoms with van der Waals surface area (Å²) in [5.74, 6) is 5.98. The molecule has 4 heterocycles. The molecule has 4 aliphatic heterocycles. The Bertz CT molecular complexity index is 1550. The van der Waals surface area contributed by atoms with E-state index in [0.717, 1.165) is 127 Å². The van der Waals surface area contributed by atoms with Gasteiger partial charge in [-0.2, -0.15) is 0 Å². The van der Waals surface area contributed by atoms with Crippen molar-refractivity contribution in [2.24, 2.45) is 52.8 Å². The maximum absolute atomic E-state index is 6.49. The Morgan fingerprint density at radius 1 is 0.321 bits per heavy atom. The summed E-state index contributed by atoms with van der Waals surface area (Å²) in [6.07, 6.45) is 52.1. The highest BCUT2D eigenvalue weighted by molar-refractivity contribution is 5.02. The summed E-state index contributed by atoms with van der Waals surface area (Å²) in [5.41, 5.74) is 0.577. The largest absolute Gasteiger partial charge is 0.353 e. The normalized spacial score (nSPS) is 42.6. The highest BCUT2D eigenvalue weighted by Crippen LogP contribution is 2.58. The van der Waals surface area contributed by atoms with Crippen LogP contribution in [0.15, 0.2) is 0 Å². The minimum atomic E-state index is 0.0337. The van der Waals surface area contributed by atoms with E-state index in [0.29, 0.717) is 40.9 Å². The van der Waals surface area contributed by atoms with Gasteiger partial charge in [-0.1, -0.05) is 33.1 Å². The number of ether oxygens (including phenoxy) is 8. The average Bonchev–Trinajstić information content (AvgIpc) is 3.58. The predicted molar refractivity (Wildman–Crippen MR) is 311 cm³/mol. The lowest BCUT2D eigenvalue weighted by molar-refractivity contribution is -0.174. The molecule has 0 aromatic heterocycles. The smallest absolute Gasteiger partial charge is 0.157 e. The Kier molecular flexibility index (Phi) is 22.9. The van der Waals surface area contributed by atoms with Crippen LogP contribution in [0.25, 0.3) is 0 Å². The predicted octanol–water partition coefficient (Wildman–Crippen LogP) is 15.6. The van der Waals surface area contributed by atoms with Gasteiger partial charge >= 0.3 is 0 Å². The van der Waals surface area contributed by atoms with E-state index < -0.39 is 0 Å². The van der Waals surface area contributed by atoms with Crippen LogP contribution in [0.4, 0.5) is 0 Å². The van der Waals surface area contributed by atoms with Gasteiger partial charge < -0.3 is 37.9 Å². The zero-order valence-corrected chi connectivity index (χ0v) is 50.3. The first-order valence-electron chi connectivity index (χ1n) is 34.9. The maximum atomic E-state index is 6.49. The summed E-state index contributed by atoms with van der Waals surface area (Å²) in [7, 11) is 0. The summed E-state index contributed by atoms with van der Waals surface area (Å²) in [4.78, 5) is 6.50. The Morgan fingerprint density at radius 3 is 0.962 bits per heavy atom. The molecule has 10 atom stereocenters. The van der Waals surface area contributed by atoms with Gasteiger partial charge in [0.2, 0.25) is 0 Å². The maximum Gasteiger partial charge on any atom is 0.157 e. The first-order valence-corrected chi connectivity index (χ1v) is 34.9. The molecule has 0 amide bonds. The molecule has 11 rings (SSSR count). The molecule has 10 heteroatoms. The van der Waals surface area contributed by atoms with Gasteiger partial charge in [0.15, 0.2) is 25.2 Å². The molecule has 0 N–H and O–H groups in total. The second kappa shape index (κ2) is 30.1. The lowest BCUT2D eigenvalue weighted by Gasteiger charge is -2.56. The van der Waals surface area contributed by atoms with Crippen LogP contribution in [0.3, 0.4) is 0 Å². The summed E-state index contributed by atoms with van der Waals surface area (Å²) >= 11 is 0. The van der Waals surface area contributed by atoms with Gasteiger partial charge in [-0.3, -0.25) is 9.80 Å². The fraction of sp³-hybridized carbons (Fsp3) is 1.00. The van der Waals surface area contributed by atoms with E-state index in [2.05, 4.69) is 23.6 Å². The molecule has 0 radical (unpaired) electrons. The van der Waals surface area contributed by atoms with Crippen molar-refractivity contribution in [1.82, 2.24) is 9.80 Å². The van der Waals surface area contributed by atoms with Crippen LogP contribution in [0.5, 0.6) is 0 Å². The standard InChI is InChI=1S/C68H118N2O8/c1-50-44-62(32-22-54(50)48-77-66-16-6-12-42-73-66)69(58-28-18-52(19-29-58)46-75-64-14-4-10-40-71-64)60-34-24-56(25-35-60)68(38-8-3-9-39-68)57-26-36-61(37-27-57)70(59-30-20-53(21-31-59)47-76-65-15-5-11-41-72-65)63-33-23-55(51(2)45-63)49-78-67-17-7-13-43-74-67/h50-67H,3-49H2,1-2H3. The van der Waals surface area contributed by atoms with Crippen molar-refractivity contribution in [1.29, 1.82) is 0 Å². The fourth-order valence-electron chi connectivity index (χ4n) is 19.5. The van der Waals surface area contributed by atoms with Gasteiger partial charge in [0.1, 0.15) is 0 Å². The van der Waals surface area contributed by atoms with Gasteiger partial charge in [-0.05, 0) is 284 Å². The summed E-state index contributed by atoms with van der Waals surface area (Å²) < 4.78 is 49.9. The van der Waals surface area contributed by atoms with E-state index in [4.69, 9.17) is 37.9 Å². The second-order valence-electron chi connectivity index (χ2n) is 29.0. The third-order valence-electron chi connectivity index (χ3n) is 24.2. The van der Waals surface area contributed by atoms with Crippen LogP contribution in [0.1, 0.15) is 264 Å². The van der Waals surface area contributed by atoms with Crippen LogP contribution in [-0.2, 0) is 37.9 Å². The van der Waals surface area contributed by atoms with E-state index in [1.807, 2.05) is 0 Å². The average molecular weight is 1090 g/mol. The van der Waals surface area contributed by atoms with Gasteiger partial charge in [0, 0.05) is 62.7 Å². The molecule has 7 saturated carbocycles. The number of hydrogen-bond donors (Lipinski definition) is 0. The second-order valence-corrected chi connectivity index (χ2v) is 29.0. The van der Waals surface area contributed by atoms with Crippen LogP contribution < -0.4 is 0 Å². The van der Waals surface area contributed by atoms with E-state index in [1.165, 1.54) is 225 Å². The van der Waals surface area contributed by atoms with Crippen molar-refractivity contribution in [2.45, 2.75) is 326 Å². The molecule has 0 aromatic carbocycles. The zero-order valence-electron chi connectivity index (χ0n) is 50.3. The number of nitrogens with zero attached hydrogens (tertiary/aromatic N) is 2. The van der Waals surface area contributed by atoms with Crippen LogP contribution in [0.2, 0.25) is 0 Å². The lowest BCUT2D eigenvalue weighted by atomic mass is 9.53. The van der Waals surface area contributed by atoms with Crippen molar-refractivity contribution in [3.05, 3.63) is 0 Å². The van der Waals surface area contributed by atoms with Gasteiger partial charge in [-0.25, -0.2) is 0 Å². The van der Waals surface area contributed by atoms with Crippen molar-refractivity contribution in [3.63, 3.8) is 0 Å². The Labute approximate surface area is 477 Å². The molecule has 10 unspecified atom stereocenters. The molecule has 0 bridgehead atoms. The minimum Gasteiger partial charge on any atom is -0.353 e. The lowest BCUT2D eigenvalue weighted by Crippen LogP contribution is -2.55.